The minimum absolute atomic E-state index is 0.0177. The van der Waals surface area contributed by atoms with Gasteiger partial charge in [-0.3, -0.25) is 14.6 Å². The number of aromatic amines is 1. The Morgan fingerprint density at radius 3 is 2.53 bits per heavy atom. The summed E-state index contributed by atoms with van der Waals surface area (Å²) < 4.78 is 35.4. The van der Waals surface area contributed by atoms with Crippen LogP contribution in [0, 0.1) is 11.7 Å². The van der Waals surface area contributed by atoms with Crippen LogP contribution in [0.3, 0.4) is 0 Å². The molecule has 30 heavy (non-hydrogen) atoms. The van der Waals surface area contributed by atoms with Crippen molar-refractivity contribution in [2.75, 3.05) is 11.8 Å². The molecule has 2 aromatic carbocycles. The van der Waals surface area contributed by atoms with Gasteiger partial charge in [-0.25, -0.2) is 8.42 Å². The minimum Gasteiger partial charge on any atom is -0.497 e. The Kier molecular flexibility index (Phi) is 6.22. The van der Waals surface area contributed by atoms with Gasteiger partial charge in [0.05, 0.1) is 18.6 Å². The number of anilines is 1. The van der Waals surface area contributed by atoms with Gasteiger partial charge >= 0.3 is 0 Å². The molecule has 0 bridgehead atoms. The Bertz CT molecular complexity index is 1230. The molecule has 0 atom stereocenters. The van der Waals surface area contributed by atoms with Crippen molar-refractivity contribution in [1.29, 1.82) is 0 Å². The van der Waals surface area contributed by atoms with E-state index < -0.39 is 15.9 Å². The van der Waals surface area contributed by atoms with Gasteiger partial charge in [0.15, 0.2) is 10.6 Å². The van der Waals surface area contributed by atoms with Gasteiger partial charge in [0.1, 0.15) is 5.75 Å². The SMILES string of the molecule is COc1ccc(NS(=O)(=O)c2cc(C(=O)NCc3n[nH]c(=S)n3C)ccc2C)cc1. The molecule has 11 heteroatoms. The van der Waals surface area contributed by atoms with Crippen LogP contribution >= 0.6 is 12.2 Å². The number of benzene rings is 2. The number of hydrogen-bond acceptors (Lipinski definition) is 6. The lowest BCUT2D eigenvalue weighted by Crippen LogP contribution is -2.25. The number of ether oxygens (including phenoxy) is 1. The summed E-state index contributed by atoms with van der Waals surface area (Å²) in [4.78, 5) is 12.6. The standard InChI is InChI=1S/C19H21N5O4S2/c1-12-4-5-13(18(25)20-11-17-21-22-19(29)24(17)2)10-16(12)30(26,27)23-14-6-8-15(28-3)9-7-14/h4-10,23H,11H2,1-3H3,(H,20,25)(H,22,29). The molecule has 3 aromatic rings. The summed E-state index contributed by atoms with van der Waals surface area (Å²) in [6, 6.07) is 11.0. The van der Waals surface area contributed by atoms with E-state index in [0.717, 1.165) is 0 Å². The molecule has 0 spiro atoms. The number of sulfonamides is 1. The second-order valence-corrected chi connectivity index (χ2v) is 8.54. The number of rotatable bonds is 7. The van der Waals surface area contributed by atoms with Crippen molar-refractivity contribution in [3.05, 3.63) is 64.2 Å². The largest absolute Gasteiger partial charge is 0.497 e. The van der Waals surface area contributed by atoms with E-state index >= 15 is 0 Å². The number of H-pyrrole nitrogens is 1. The van der Waals surface area contributed by atoms with Crippen molar-refractivity contribution in [2.45, 2.75) is 18.4 Å². The van der Waals surface area contributed by atoms with Gasteiger partial charge in [-0.15, -0.1) is 0 Å². The number of nitrogens with zero attached hydrogens (tertiary/aromatic N) is 2. The fourth-order valence-corrected chi connectivity index (χ4v) is 4.18. The topological polar surface area (TPSA) is 118 Å². The average Bonchev–Trinajstić information content (AvgIpc) is 3.04. The quantitative estimate of drug-likeness (QED) is 0.479. The predicted octanol–water partition coefficient (Wildman–Crippen LogP) is 2.53. The molecule has 3 N–H and O–H groups in total. The third kappa shape index (κ3) is 4.69. The van der Waals surface area contributed by atoms with Crippen LogP contribution in [0.5, 0.6) is 5.75 Å². The van der Waals surface area contributed by atoms with Crippen LogP contribution in [0.1, 0.15) is 21.7 Å². The van der Waals surface area contributed by atoms with Gasteiger partial charge in [-0.1, -0.05) is 6.07 Å². The first-order valence-electron chi connectivity index (χ1n) is 8.87. The third-order valence-corrected chi connectivity index (χ3v) is 6.35. The monoisotopic (exact) mass is 447 g/mol. The highest BCUT2D eigenvalue weighted by Gasteiger charge is 2.19. The summed E-state index contributed by atoms with van der Waals surface area (Å²) in [5.74, 6) is 0.737. The van der Waals surface area contributed by atoms with Crippen molar-refractivity contribution in [3.8, 4) is 5.75 Å². The maximum Gasteiger partial charge on any atom is 0.262 e. The number of amides is 1. The molecule has 0 fully saturated rings. The molecule has 0 saturated heterocycles. The van der Waals surface area contributed by atoms with E-state index in [1.807, 2.05) is 0 Å². The fraction of sp³-hybridized carbons (Fsp3) is 0.211. The minimum atomic E-state index is -3.90. The van der Waals surface area contributed by atoms with Crippen LogP contribution in [0.2, 0.25) is 0 Å². The molecule has 0 radical (unpaired) electrons. The first-order valence-corrected chi connectivity index (χ1v) is 10.8. The zero-order valence-corrected chi connectivity index (χ0v) is 18.2. The van der Waals surface area contributed by atoms with Crippen molar-refractivity contribution >= 4 is 33.8 Å². The van der Waals surface area contributed by atoms with Crippen LogP contribution in [-0.4, -0.2) is 36.2 Å². The maximum absolute atomic E-state index is 12.9. The zero-order valence-electron chi connectivity index (χ0n) is 16.6. The van der Waals surface area contributed by atoms with Crippen LogP contribution in [0.15, 0.2) is 47.4 Å². The first kappa shape index (κ1) is 21.5. The summed E-state index contributed by atoms with van der Waals surface area (Å²) in [5, 5.41) is 9.38. The first-order chi connectivity index (χ1) is 14.2. The Morgan fingerprint density at radius 2 is 1.93 bits per heavy atom. The van der Waals surface area contributed by atoms with Crippen LogP contribution in [-0.2, 0) is 23.6 Å². The number of nitrogens with one attached hydrogen (secondary N) is 3. The van der Waals surface area contributed by atoms with Crippen molar-refractivity contribution < 1.29 is 17.9 Å². The van der Waals surface area contributed by atoms with Gasteiger partial charge < -0.3 is 14.6 Å². The van der Waals surface area contributed by atoms with E-state index in [2.05, 4.69) is 20.2 Å². The highest BCUT2D eigenvalue weighted by Crippen LogP contribution is 2.22. The predicted molar refractivity (Wildman–Crippen MR) is 115 cm³/mol. The summed E-state index contributed by atoms with van der Waals surface area (Å²) >= 11 is 5.04. The Labute approximate surface area is 179 Å². The van der Waals surface area contributed by atoms with E-state index in [0.29, 0.717) is 27.6 Å². The van der Waals surface area contributed by atoms with Crippen molar-refractivity contribution in [1.82, 2.24) is 20.1 Å². The number of aromatic nitrogens is 3. The third-order valence-electron chi connectivity index (χ3n) is 4.46. The number of aryl methyl sites for hydroxylation is 1. The highest BCUT2D eigenvalue weighted by molar-refractivity contribution is 7.92. The van der Waals surface area contributed by atoms with Crippen LogP contribution in [0.4, 0.5) is 5.69 Å². The van der Waals surface area contributed by atoms with Gasteiger partial charge in [0.25, 0.3) is 15.9 Å². The van der Waals surface area contributed by atoms with Gasteiger partial charge in [0.2, 0.25) is 0 Å². The maximum atomic E-state index is 12.9. The molecule has 0 saturated carbocycles. The molecule has 0 unspecified atom stereocenters. The van der Waals surface area contributed by atoms with E-state index in [9.17, 15) is 13.2 Å². The molecular formula is C19H21N5O4S2. The molecule has 0 aliphatic heterocycles. The van der Waals surface area contributed by atoms with Gasteiger partial charge in [-0.05, 0) is 61.1 Å². The smallest absolute Gasteiger partial charge is 0.262 e. The summed E-state index contributed by atoms with van der Waals surface area (Å²) in [6.45, 7) is 1.81. The Morgan fingerprint density at radius 1 is 1.23 bits per heavy atom. The highest BCUT2D eigenvalue weighted by atomic mass is 32.2. The second kappa shape index (κ2) is 8.67. The van der Waals surface area contributed by atoms with Gasteiger partial charge in [0, 0.05) is 18.3 Å². The molecule has 0 aliphatic rings. The zero-order chi connectivity index (χ0) is 21.9. The number of carbonyl (C=O) groups excluding carboxylic acids is 1. The molecule has 1 aromatic heterocycles. The van der Waals surface area contributed by atoms with E-state index in [-0.39, 0.29) is 17.0 Å². The second-order valence-electron chi connectivity index (χ2n) is 6.50. The summed E-state index contributed by atoms with van der Waals surface area (Å²) in [7, 11) is -0.636. The molecule has 9 nitrogen and oxygen atoms in total. The van der Waals surface area contributed by atoms with Crippen LogP contribution in [0.25, 0.3) is 0 Å². The number of methoxy groups -OCH3 is 1. The molecule has 3 rings (SSSR count). The van der Waals surface area contributed by atoms with E-state index in [4.69, 9.17) is 17.0 Å². The van der Waals surface area contributed by atoms with Crippen molar-refractivity contribution in [2.24, 2.45) is 7.05 Å². The van der Waals surface area contributed by atoms with E-state index in [1.54, 1.807) is 54.9 Å². The summed E-state index contributed by atoms with van der Waals surface area (Å²) in [6.07, 6.45) is 0. The average molecular weight is 448 g/mol. The molecular weight excluding hydrogens is 426 g/mol. The molecule has 0 aliphatic carbocycles. The van der Waals surface area contributed by atoms with E-state index in [1.165, 1.54) is 13.2 Å². The molecule has 1 amide bonds. The van der Waals surface area contributed by atoms with Gasteiger partial charge in [-0.2, -0.15) is 5.10 Å². The normalized spacial score (nSPS) is 11.2. The lowest BCUT2D eigenvalue weighted by molar-refractivity contribution is 0.0949. The Balaban J connectivity index is 1.79. The molecule has 158 valence electrons. The lowest BCUT2D eigenvalue weighted by atomic mass is 10.1. The number of hydrogen-bond donors (Lipinski definition) is 3. The Hall–Kier alpha value is -3.18. The summed E-state index contributed by atoms with van der Waals surface area (Å²) in [5.41, 5.74) is 1.12. The van der Waals surface area contributed by atoms with Crippen molar-refractivity contribution in [3.63, 3.8) is 0 Å². The van der Waals surface area contributed by atoms with Crippen LogP contribution < -0.4 is 14.8 Å². The molecule has 1 heterocycles. The number of carbonyl (C=O) groups is 1. The fourth-order valence-electron chi connectivity index (χ4n) is 2.70. The lowest BCUT2D eigenvalue weighted by Gasteiger charge is -2.12.